The Morgan fingerprint density at radius 2 is 1.90 bits per heavy atom. The number of pyridine rings is 3. The van der Waals surface area contributed by atoms with Crippen molar-refractivity contribution < 1.29 is 23.3 Å². The number of nitrogens with zero attached hydrogens (tertiary/aromatic N) is 7. The number of nitriles is 1. The molecule has 4 heterocycles. The lowest BCUT2D eigenvalue weighted by Crippen LogP contribution is -2.24. The van der Waals surface area contributed by atoms with Crippen LogP contribution in [0.25, 0.3) is 33.3 Å². The second kappa shape index (κ2) is 13.0. The van der Waals surface area contributed by atoms with Crippen molar-refractivity contribution in [2.45, 2.75) is 13.7 Å². The molecule has 1 atom stereocenters. The highest BCUT2D eigenvalue weighted by molar-refractivity contribution is 7.47. The fourth-order valence-corrected chi connectivity index (χ4v) is 4.70. The minimum absolute atomic E-state index is 0.0152. The molecular weight excluding hydrogens is 545 g/mol. The van der Waals surface area contributed by atoms with E-state index < -0.39 is 7.82 Å². The Morgan fingerprint density at radius 1 is 1.12 bits per heavy atom. The van der Waals surface area contributed by atoms with Crippen LogP contribution < -0.4 is 4.90 Å². The van der Waals surface area contributed by atoms with Gasteiger partial charge in [0.05, 0.1) is 18.5 Å². The predicted molar refractivity (Wildman–Crippen MR) is 155 cm³/mol. The van der Waals surface area contributed by atoms with Crippen molar-refractivity contribution in [2.24, 2.45) is 0 Å². The summed E-state index contributed by atoms with van der Waals surface area (Å²) in [7, 11) is 1.27. The number of amides is 1. The number of anilines is 1. The standard InChI is InChI=1S/C28H30N7O5P/c1-5-39-41(37,38)40-19-35-18-26(20-8-9-31-23(11-20)14-29)25-13-22(16-32-28(25)35)21-12-24(17-30-15-21)34(4)27(36)7-6-10-33(2)3/h6-9,11-13,15-18H,5,10,19H2,1-4H3,(H,37,38). The van der Waals surface area contributed by atoms with E-state index in [1.807, 2.05) is 37.2 Å². The molecule has 0 aromatic carbocycles. The van der Waals surface area contributed by atoms with Gasteiger partial charge in [-0.05, 0) is 50.8 Å². The van der Waals surface area contributed by atoms with E-state index in [1.54, 1.807) is 61.5 Å². The van der Waals surface area contributed by atoms with Crippen LogP contribution in [0, 0.1) is 11.3 Å². The molecule has 1 amide bonds. The highest BCUT2D eigenvalue weighted by Crippen LogP contribution is 2.44. The summed E-state index contributed by atoms with van der Waals surface area (Å²) in [5.74, 6) is -0.182. The summed E-state index contributed by atoms with van der Waals surface area (Å²) in [5, 5.41) is 10.1. The molecule has 41 heavy (non-hydrogen) atoms. The average molecular weight is 576 g/mol. The fraction of sp³-hybridized carbons (Fsp3) is 0.250. The van der Waals surface area contributed by atoms with E-state index in [-0.39, 0.29) is 24.9 Å². The van der Waals surface area contributed by atoms with Gasteiger partial charge in [0, 0.05) is 66.5 Å². The highest BCUT2D eigenvalue weighted by Gasteiger charge is 2.22. The molecule has 212 valence electrons. The molecule has 0 aliphatic carbocycles. The molecule has 0 saturated heterocycles. The molecule has 1 unspecified atom stereocenters. The molecular formula is C28H30N7O5P. The quantitative estimate of drug-likeness (QED) is 0.204. The van der Waals surface area contributed by atoms with E-state index in [4.69, 9.17) is 9.05 Å². The van der Waals surface area contributed by atoms with Crippen molar-refractivity contribution >= 4 is 30.5 Å². The normalized spacial score (nSPS) is 13.0. The van der Waals surface area contributed by atoms with Crippen LogP contribution in [0.5, 0.6) is 0 Å². The Hall–Kier alpha value is -4.24. The first kappa shape index (κ1) is 29.7. The number of likely N-dealkylation sites (N-methyl/N-ethyl adjacent to an activating group) is 2. The Morgan fingerprint density at radius 3 is 2.63 bits per heavy atom. The van der Waals surface area contributed by atoms with Crippen LogP contribution in [0.1, 0.15) is 12.6 Å². The minimum atomic E-state index is -4.25. The summed E-state index contributed by atoms with van der Waals surface area (Å²) in [6.07, 6.45) is 11.5. The Balaban J connectivity index is 1.74. The lowest BCUT2D eigenvalue weighted by atomic mass is 10.0. The van der Waals surface area contributed by atoms with Crippen LogP contribution in [-0.4, -0.2) is 69.5 Å². The smallest absolute Gasteiger partial charge is 0.310 e. The first-order valence-corrected chi connectivity index (χ1v) is 14.1. The van der Waals surface area contributed by atoms with Crippen molar-refractivity contribution in [3.63, 3.8) is 0 Å². The number of fused-ring (bicyclic) bond motifs is 1. The summed E-state index contributed by atoms with van der Waals surface area (Å²) in [6.45, 7) is 1.96. The summed E-state index contributed by atoms with van der Waals surface area (Å²) >= 11 is 0. The second-order valence-corrected chi connectivity index (χ2v) is 10.7. The average Bonchev–Trinajstić information content (AvgIpc) is 3.33. The molecule has 4 rings (SSSR count). The number of aromatic nitrogens is 4. The van der Waals surface area contributed by atoms with Crippen molar-refractivity contribution in [1.82, 2.24) is 24.4 Å². The number of hydrogen-bond acceptors (Lipinski definition) is 9. The third-order valence-corrected chi connectivity index (χ3v) is 7.08. The van der Waals surface area contributed by atoms with Crippen LogP contribution in [0.3, 0.4) is 0 Å². The van der Waals surface area contributed by atoms with Gasteiger partial charge in [-0.2, -0.15) is 5.26 Å². The van der Waals surface area contributed by atoms with E-state index in [9.17, 15) is 19.5 Å². The second-order valence-electron chi connectivity index (χ2n) is 9.29. The van der Waals surface area contributed by atoms with Crippen molar-refractivity contribution in [3.8, 4) is 28.3 Å². The van der Waals surface area contributed by atoms with Crippen LogP contribution >= 0.6 is 7.82 Å². The van der Waals surface area contributed by atoms with Gasteiger partial charge in [0.15, 0.2) is 0 Å². The van der Waals surface area contributed by atoms with Gasteiger partial charge in [-0.15, -0.1) is 0 Å². The number of rotatable bonds is 11. The van der Waals surface area contributed by atoms with Gasteiger partial charge in [-0.3, -0.25) is 18.8 Å². The predicted octanol–water partition coefficient (Wildman–Crippen LogP) is 4.22. The lowest BCUT2D eigenvalue weighted by Gasteiger charge is -2.16. The highest BCUT2D eigenvalue weighted by atomic mass is 31.2. The minimum Gasteiger partial charge on any atom is -0.310 e. The van der Waals surface area contributed by atoms with Crippen LogP contribution in [0.4, 0.5) is 5.69 Å². The molecule has 0 aliphatic rings. The van der Waals surface area contributed by atoms with E-state index in [1.165, 1.54) is 17.2 Å². The van der Waals surface area contributed by atoms with Crippen LogP contribution in [-0.2, 0) is 25.1 Å². The molecule has 0 bridgehead atoms. The summed E-state index contributed by atoms with van der Waals surface area (Å²) < 4.78 is 23.7. The Bertz CT molecular complexity index is 1680. The van der Waals surface area contributed by atoms with Gasteiger partial charge in [0.1, 0.15) is 24.1 Å². The Labute approximate surface area is 237 Å². The maximum atomic E-state index is 12.7. The molecule has 1 N–H and O–H groups in total. The summed E-state index contributed by atoms with van der Waals surface area (Å²) in [5.41, 5.74) is 4.21. The maximum absolute atomic E-state index is 12.7. The van der Waals surface area contributed by atoms with Crippen molar-refractivity contribution in [2.75, 3.05) is 39.2 Å². The molecule has 0 spiro atoms. The third-order valence-electron chi connectivity index (χ3n) is 6.06. The molecule has 0 fully saturated rings. The van der Waals surface area contributed by atoms with E-state index >= 15 is 0 Å². The largest absolute Gasteiger partial charge is 0.473 e. The first-order valence-electron chi connectivity index (χ1n) is 12.6. The Kier molecular flexibility index (Phi) is 9.39. The molecule has 13 heteroatoms. The topological polar surface area (TPSA) is 147 Å². The van der Waals surface area contributed by atoms with Gasteiger partial charge >= 0.3 is 7.82 Å². The zero-order chi connectivity index (χ0) is 29.6. The molecule has 0 radical (unpaired) electrons. The summed E-state index contributed by atoms with van der Waals surface area (Å²) in [4.78, 5) is 39.1. The number of hydrogen-bond donors (Lipinski definition) is 1. The zero-order valence-corrected chi connectivity index (χ0v) is 24.0. The number of phosphoric acid groups is 1. The van der Waals surface area contributed by atoms with Gasteiger partial charge < -0.3 is 19.3 Å². The van der Waals surface area contributed by atoms with Gasteiger partial charge in [0.2, 0.25) is 5.91 Å². The SMILES string of the molecule is CCOP(=O)(O)OCn1cc(-c2ccnc(C#N)c2)c2cc(-c3cncc(N(C)C(=O)C=CCN(C)C)c3)cnc21. The molecule has 0 saturated carbocycles. The zero-order valence-electron chi connectivity index (χ0n) is 23.1. The van der Waals surface area contributed by atoms with Gasteiger partial charge in [0.25, 0.3) is 0 Å². The monoisotopic (exact) mass is 575 g/mol. The van der Waals surface area contributed by atoms with E-state index in [2.05, 4.69) is 15.0 Å². The van der Waals surface area contributed by atoms with Crippen LogP contribution in [0.15, 0.2) is 67.4 Å². The molecule has 0 aliphatic heterocycles. The molecule has 4 aromatic rings. The fourth-order valence-electron chi connectivity index (χ4n) is 4.02. The van der Waals surface area contributed by atoms with Crippen molar-refractivity contribution in [1.29, 1.82) is 5.26 Å². The first-order chi connectivity index (χ1) is 19.6. The number of carbonyl (C=O) groups excluding carboxylic acids is 1. The van der Waals surface area contributed by atoms with Gasteiger partial charge in [-0.25, -0.2) is 14.5 Å². The van der Waals surface area contributed by atoms with E-state index in [0.29, 0.717) is 34.4 Å². The lowest BCUT2D eigenvalue weighted by molar-refractivity contribution is -0.113. The van der Waals surface area contributed by atoms with Gasteiger partial charge in [-0.1, -0.05) is 6.08 Å². The van der Waals surface area contributed by atoms with Crippen molar-refractivity contribution in [3.05, 3.63) is 73.1 Å². The maximum Gasteiger partial charge on any atom is 0.473 e. The number of carbonyl (C=O) groups is 1. The third kappa shape index (κ3) is 7.29. The van der Waals surface area contributed by atoms with E-state index in [0.717, 1.165) is 11.1 Å². The number of phosphoric ester groups is 1. The molecule has 12 nitrogen and oxygen atoms in total. The molecule has 4 aromatic heterocycles. The van der Waals surface area contributed by atoms with Crippen LogP contribution in [0.2, 0.25) is 0 Å². The summed E-state index contributed by atoms with van der Waals surface area (Å²) in [6, 6.07) is 9.20.